The molecule has 0 aromatic rings. The molecule has 12 atom stereocenters. The highest BCUT2D eigenvalue weighted by Gasteiger charge is 2.50. The minimum absolute atomic E-state index is 0.106. The molecule has 3 aliphatic heterocycles. The van der Waals surface area contributed by atoms with Gasteiger partial charge in [0.15, 0.2) is 6.10 Å². The van der Waals surface area contributed by atoms with Gasteiger partial charge in [0, 0.05) is 7.11 Å². The zero-order chi connectivity index (χ0) is 33.7. The van der Waals surface area contributed by atoms with Crippen LogP contribution in [0.3, 0.4) is 0 Å². The van der Waals surface area contributed by atoms with E-state index >= 15 is 0 Å². The lowest BCUT2D eigenvalue weighted by atomic mass is 9.85. The van der Waals surface area contributed by atoms with Crippen LogP contribution in [0.15, 0.2) is 12.3 Å². The maximum atomic E-state index is 9.98. The molecule has 3 fully saturated rings. The Morgan fingerprint density at radius 3 is 1.16 bits per heavy atom. The van der Waals surface area contributed by atoms with Crippen LogP contribution in [0.5, 0.6) is 0 Å². The molecule has 12 nitrogen and oxygen atoms in total. The van der Waals surface area contributed by atoms with Crippen molar-refractivity contribution in [3.05, 3.63) is 12.3 Å². The Labute approximate surface area is 257 Å². The molecule has 0 bridgehead atoms. The van der Waals surface area contributed by atoms with Crippen LogP contribution in [0.1, 0.15) is 69.2 Å². The molecule has 3 aliphatic rings. The van der Waals surface area contributed by atoms with Crippen molar-refractivity contribution in [2.24, 2.45) is 16.2 Å². The van der Waals surface area contributed by atoms with Gasteiger partial charge in [0.1, 0.15) is 54.9 Å². The Bertz CT molecular complexity index is 832. The molecule has 12 heteroatoms. The average molecular weight is 625 g/mol. The van der Waals surface area contributed by atoms with E-state index in [1.165, 1.54) is 0 Å². The Morgan fingerprint density at radius 1 is 0.581 bits per heavy atom. The van der Waals surface area contributed by atoms with Crippen LogP contribution >= 0.6 is 0 Å². The predicted molar refractivity (Wildman–Crippen MR) is 160 cm³/mol. The minimum atomic E-state index is -0.978. The lowest BCUT2D eigenvalue weighted by Gasteiger charge is -2.31. The maximum absolute atomic E-state index is 9.98. The molecular weight excluding hydrogens is 564 g/mol. The van der Waals surface area contributed by atoms with Crippen molar-refractivity contribution >= 4 is 0 Å². The summed E-state index contributed by atoms with van der Waals surface area (Å²) in [5.41, 5.74) is -0.499. The van der Waals surface area contributed by atoms with Gasteiger partial charge in [-0.05, 0) is 23.2 Å². The predicted octanol–water partition coefficient (Wildman–Crippen LogP) is 0.754. The van der Waals surface area contributed by atoms with Gasteiger partial charge in [-0.1, -0.05) is 68.9 Å². The van der Waals surface area contributed by atoms with Crippen LogP contribution in [-0.4, -0.2) is 136 Å². The molecule has 3 heterocycles. The highest BCUT2D eigenvalue weighted by Crippen LogP contribution is 2.37. The second-order valence-electron chi connectivity index (χ2n) is 14.9. The van der Waals surface area contributed by atoms with Gasteiger partial charge in [-0.3, -0.25) is 0 Å². The van der Waals surface area contributed by atoms with Gasteiger partial charge in [-0.2, -0.15) is 0 Å². The largest absolute Gasteiger partial charge is 0.490 e. The fourth-order valence-corrected chi connectivity index (χ4v) is 5.41. The Balaban J connectivity index is 0.000000324. The number of methoxy groups -OCH3 is 1. The number of ether oxygens (including phenoxy) is 5. The van der Waals surface area contributed by atoms with Crippen LogP contribution in [0.2, 0.25) is 0 Å². The smallest absolute Gasteiger partial charge is 0.153 e. The van der Waals surface area contributed by atoms with Gasteiger partial charge in [-0.15, -0.1) is 0 Å². The molecule has 3 saturated heterocycles. The topological polar surface area (TPSA) is 188 Å². The third-order valence-corrected chi connectivity index (χ3v) is 7.75. The van der Waals surface area contributed by atoms with Crippen molar-refractivity contribution in [1.29, 1.82) is 0 Å². The van der Waals surface area contributed by atoms with E-state index in [2.05, 4.69) is 6.58 Å². The van der Waals surface area contributed by atoms with Crippen molar-refractivity contribution in [2.45, 2.75) is 142 Å². The number of hydrogen-bond donors (Lipinski definition) is 7. The van der Waals surface area contributed by atoms with Crippen LogP contribution in [0, 0.1) is 16.2 Å². The summed E-state index contributed by atoms with van der Waals surface area (Å²) in [6, 6.07) is 0. The molecule has 0 aromatic heterocycles. The summed E-state index contributed by atoms with van der Waals surface area (Å²) in [6.07, 6.45) is -6.86. The maximum Gasteiger partial charge on any atom is 0.153 e. The van der Waals surface area contributed by atoms with Crippen molar-refractivity contribution in [1.82, 2.24) is 0 Å². The number of rotatable bonds is 6. The molecule has 0 amide bonds. The van der Waals surface area contributed by atoms with E-state index in [4.69, 9.17) is 39.0 Å². The lowest BCUT2D eigenvalue weighted by Crippen LogP contribution is -2.41. The van der Waals surface area contributed by atoms with Gasteiger partial charge < -0.3 is 59.4 Å². The number of aliphatic hydroxyl groups excluding tert-OH is 7. The fourth-order valence-electron chi connectivity index (χ4n) is 5.41. The van der Waals surface area contributed by atoms with E-state index in [0.717, 1.165) is 0 Å². The molecule has 3 rings (SSSR count). The first-order chi connectivity index (χ1) is 19.6. The van der Waals surface area contributed by atoms with E-state index in [1.807, 2.05) is 62.3 Å². The summed E-state index contributed by atoms with van der Waals surface area (Å²) < 4.78 is 27.3. The summed E-state index contributed by atoms with van der Waals surface area (Å²) in [6.45, 7) is 22.6. The monoisotopic (exact) mass is 624 g/mol. The fraction of sp³-hybridized carbons (Fsp3) is 0.935. The van der Waals surface area contributed by atoms with Gasteiger partial charge in [0.2, 0.25) is 0 Å². The zero-order valence-electron chi connectivity index (χ0n) is 27.9. The minimum Gasteiger partial charge on any atom is -0.490 e. The summed E-state index contributed by atoms with van der Waals surface area (Å²) in [5.74, 6) is 0.542. The van der Waals surface area contributed by atoms with E-state index in [9.17, 15) is 20.4 Å². The van der Waals surface area contributed by atoms with Crippen LogP contribution in [0.25, 0.3) is 0 Å². The molecule has 256 valence electrons. The van der Waals surface area contributed by atoms with Crippen molar-refractivity contribution < 1.29 is 59.4 Å². The normalized spacial score (nSPS) is 38.2. The first kappa shape index (κ1) is 40.1. The number of allylic oxidation sites excluding steroid dienone is 1. The Kier molecular flexibility index (Phi) is 15.0. The van der Waals surface area contributed by atoms with Crippen LogP contribution in [-0.2, 0) is 23.7 Å². The quantitative estimate of drug-likeness (QED) is 0.206. The van der Waals surface area contributed by atoms with E-state index in [-0.39, 0.29) is 54.4 Å². The lowest BCUT2D eigenvalue weighted by molar-refractivity contribution is -0.0713. The number of aliphatic hydroxyl groups is 7. The van der Waals surface area contributed by atoms with Gasteiger partial charge in [-0.25, -0.2) is 0 Å². The summed E-state index contributed by atoms with van der Waals surface area (Å²) in [7, 11) is 1.55. The number of hydrogen-bond acceptors (Lipinski definition) is 12. The molecule has 7 N–H and O–H groups in total. The molecule has 0 saturated carbocycles. The van der Waals surface area contributed by atoms with E-state index in [1.54, 1.807) is 14.0 Å². The summed E-state index contributed by atoms with van der Waals surface area (Å²) in [4.78, 5) is 0. The first-order valence-electron chi connectivity index (χ1n) is 14.9. The molecule has 0 aliphatic carbocycles. The van der Waals surface area contributed by atoms with Crippen molar-refractivity contribution in [3.63, 3.8) is 0 Å². The Hall–Kier alpha value is -0.900. The highest BCUT2D eigenvalue weighted by atomic mass is 16.6. The zero-order valence-corrected chi connectivity index (χ0v) is 27.9. The molecule has 0 aromatic carbocycles. The highest BCUT2D eigenvalue weighted by molar-refractivity contribution is 4.99. The van der Waals surface area contributed by atoms with Crippen molar-refractivity contribution in [3.8, 4) is 0 Å². The van der Waals surface area contributed by atoms with Crippen LogP contribution < -0.4 is 0 Å². The molecular formula is C31H60O12. The van der Waals surface area contributed by atoms with Gasteiger partial charge in [0.05, 0.1) is 37.8 Å². The average Bonchev–Trinajstić information content (AvgIpc) is 3.49. The van der Waals surface area contributed by atoms with Crippen molar-refractivity contribution in [2.75, 3.05) is 26.9 Å². The SMILES string of the molecule is C=C(C)OC1[C@@H](O)[C@@H](CO)O[C@H]1C(C)(C)C.CC(C)(C)[C@@H]1O[C@H](CO)[C@H](O)C1O.COC1[C@@H](O)[C@@H](CO)O[C@H]1C(C)(C)C. The van der Waals surface area contributed by atoms with Gasteiger partial charge >= 0.3 is 0 Å². The third-order valence-electron chi connectivity index (χ3n) is 7.75. The molecule has 0 spiro atoms. The molecule has 0 radical (unpaired) electrons. The third kappa shape index (κ3) is 10.6. The summed E-state index contributed by atoms with van der Waals surface area (Å²) in [5, 5.41) is 65.8. The summed E-state index contributed by atoms with van der Waals surface area (Å²) >= 11 is 0. The first-order valence-corrected chi connectivity index (χ1v) is 14.9. The molecule has 43 heavy (non-hydrogen) atoms. The van der Waals surface area contributed by atoms with Crippen LogP contribution in [0.4, 0.5) is 0 Å². The second kappa shape index (κ2) is 16.1. The van der Waals surface area contributed by atoms with E-state index in [0.29, 0.717) is 5.76 Å². The second-order valence-corrected chi connectivity index (χ2v) is 14.9. The standard InChI is InChI=1S/C12H22O4.C10H20O4.C9H18O4/c1-7(2)15-10-9(14)8(6-13)16-11(10)12(3,4)5;1-10(2,3)9-8(13-4)7(12)6(5-11)14-9;1-9(2,3)8-7(12)6(11)5(4-10)13-8/h8-11,13-14H,1,6H2,2-5H3;6-9,11-12H,5H2,1-4H3;5-8,10-12H,4H2,1-3H3/t8-,9+,10?,11-;6-,7+,8?,9-;5-,6+,7?,8-/m111/s1. The van der Waals surface area contributed by atoms with E-state index < -0.39 is 54.9 Å². The molecule has 3 unspecified atom stereocenters. The van der Waals surface area contributed by atoms with Gasteiger partial charge in [0.25, 0.3) is 0 Å². The Morgan fingerprint density at radius 2 is 0.907 bits per heavy atom.